The summed E-state index contributed by atoms with van der Waals surface area (Å²) in [5.41, 5.74) is -1.92. The Labute approximate surface area is 206 Å². The number of fused-ring (bicyclic) bond motifs is 4. The van der Waals surface area contributed by atoms with Crippen molar-refractivity contribution in [2.75, 3.05) is 0 Å². The van der Waals surface area contributed by atoms with Gasteiger partial charge < -0.3 is 25.2 Å². The molecule has 1 fully saturated rings. The van der Waals surface area contributed by atoms with E-state index in [1.807, 2.05) is 0 Å². The molecule has 1 aromatic carbocycles. The van der Waals surface area contributed by atoms with Crippen LogP contribution in [0.5, 0.6) is 17.2 Å². The van der Waals surface area contributed by atoms with E-state index in [0.717, 1.165) is 5.57 Å². The molecular weight excluding hydrogens is 448 g/mol. The number of phenolic OH excluding ortho intramolecular Hbond substituents is 2. The number of aliphatic hydroxyl groups is 2. The van der Waals surface area contributed by atoms with Crippen molar-refractivity contribution in [1.82, 2.24) is 0 Å². The lowest BCUT2D eigenvalue weighted by atomic mass is 9.51. The quantitative estimate of drug-likeness (QED) is 0.357. The van der Waals surface area contributed by atoms with Gasteiger partial charge in [-0.3, -0.25) is 9.59 Å². The summed E-state index contributed by atoms with van der Waals surface area (Å²) in [6.07, 6.45) is 4.68. The lowest BCUT2D eigenvalue weighted by Crippen LogP contribution is -2.60. The van der Waals surface area contributed by atoms with Crippen molar-refractivity contribution in [3.63, 3.8) is 0 Å². The van der Waals surface area contributed by atoms with Crippen LogP contribution in [-0.4, -0.2) is 50.3 Å². The highest BCUT2D eigenvalue weighted by Crippen LogP contribution is 2.64. The zero-order valence-electron chi connectivity index (χ0n) is 21.5. The van der Waals surface area contributed by atoms with Crippen molar-refractivity contribution in [2.45, 2.75) is 90.4 Å². The van der Waals surface area contributed by atoms with Crippen LogP contribution in [0.3, 0.4) is 0 Å². The SMILES string of the molecule is CC(C)C[C@@H]1c2c(O)c(C=O)c(O)c(C=O)c2O[C@H]2[C@H]3C(=CC[C@]12C)[C@](C)(O)CC[C@H]3C(C)(C)O. The monoisotopic (exact) mass is 486 g/mol. The normalized spacial score (nSPS) is 34.3. The predicted octanol–water partition coefficient (Wildman–Crippen LogP) is 4.50. The van der Waals surface area contributed by atoms with Gasteiger partial charge in [0, 0.05) is 22.8 Å². The maximum absolute atomic E-state index is 12.1. The Hall–Kier alpha value is -2.38. The highest BCUT2D eigenvalue weighted by Gasteiger charge is 2.60. The number of phenols is 2. The fraction of sp³-hybridized carbons (Fsp3) is 0.643. The van der Waals surface area contributed by atoms with E-state index >= 15 is 0 Å². The van der Waals surface area contributed by atoms with Gasteiger partial charge >= 0.3 is 0 Å². The van der Waals surface area contributed by atoms with Crippen LogP contribution in [0.25, 0.3) is 0 Å². The first kappa shape index (κ1) is 25.7. The van der Waals surface area contributed by atoms with Gasteiger partial charge in [-0.05, 0) is 63.9 Å². The number of rotatable bonds is 5. The van der Waals surface area contributed by atoms with E-state index in [1.165, 1.54) is 0 Å². The number of hydrogen-bond acceptors (Lipinski definition) is 7. The zero-order valence-corrected chi connectivity index (χ0v) is 21.5. The van der Waals surface area contributed by atoms with Crippen LogP contribution in [0.1, 0.15) is 99.4 Å². The predicted molar refractivity (Wildman–Crippen MR) is 131 cm³/mol. The van der Waals surface area contributed by atoms with Gasteiger partial charge in [-0.25, -0.2) is 0 Å². The minimum absolute atomic E-state index is 0.0923. The average molecular weight is 487 g/mol. The fourth-order valence-corrected chi connectivity index (χ4v) is 7.01. The molecule has 1 heterocycles. The van der Waals surface area contributed by atoms with Crippen LogP contribution >= 0.6 is 0 Å². The molecule has 0 saturated heterocycles. The number of benzene rings is 1. The van der Waals surface area contributed by atoms with E-state index in [1.54, 1.807) is 20.8 Å². The second-order valence-electron chi connectivity index (χ2n) is 12.2. The number of allylic oxidation sites excluding steroid dienone is 1. The lowest BCUT2D eigenvalue weighted by Gasteiger charge is -2.59. The van der Waals surface area contributed by atoms with Crippen molar-refractivity contribution < 1.29 is 34.8 Å². The van der Waals surface area contributed by atoms with Crippen molar-refractivity contribution in [3.05, 3.63) is 28.3 Å². The molecule has 3 aliphatic rings. The number of hydrogen-bond donors (Lipinski definition) is 4. The molecule has 1 aromatic rings. The Morgan fingerprint density at radius 3 is 2.31 bits per heavy atom. The highest BCUT2D eigenvalue weighted by atomic mass is 16.5. The summed E-state index contributed by atoms with van der Waals surface area (Å²) in [5, 5.41) is 44.3. The van der Waals surface area contributed by atoms with E-state index in [9.17, 15) is 30.0 Å². The van der Waals surface area contributed by atoms with Crippen molar-refractivity contribution in [2.24, 2.45) is 23.2 Å². The summed E-state index contributed by atoms with van der Waals surface area (Å²) in [4.78, 5) is 23.9. The van der Waals surface area contributed by atoms with Crippen molar-refractivity contribution in [1.29, 1.82) is 0 Å². The van der Waals surface area contributed by atoms with E-state index in [2.05, 4.69) is 26.8 Å². The summed E-state index contributed by atoms with van der Waals surface area (Å²) in [5.74, 6) is -1.48. The summed E-state index contributed by atoms with van der Waals surface area (Å²) in [6.45, 7) is 11.6. The number of carbonyl (C=O) groups is 2. The third-order valence-electron chi connectivity index (χ3n) is 8.84. The average Bonchev–Trinajstić information content (AvgIpc) is 2.73. The smallest absolute Gasteiger partial charge is 0.157 e. The Balaban J connectivity index is 2.02. The first-order valence-corrected chi connectivity index (χ1v) is 12.5. The third-order valence-corrected chi connectivity index (χ3v) is 8.84. The first-order chi connectivity index (χ1) is 16.2. The van der Waals surface area contributed by atoms with Crippen LogP contribution in [0.2, 0.25) is 0 Å². The van der Waals surface area contributed by atoms with E-state index < -0.39 is 28.5 Å². The summed E-state index contributed by atoms with van der Waals surface area (Å²) >= 11 is 0. The van der Waals surface area contributed by atoms with E-state index in [0.29, 0.717) is 43.8 Å². The molecule has 7 nitrogen and oxygen atoms in total. The third kappa shape index (κ3) is 3.78. The molecule has 1 saturated carbocycles. The number of carbonyl (C=O) groups excluding carboxylic acids is 2. The highest BCUT2D eigenvalue weighted by molar-refractivity contribution is 5.95. The van der Waals surface area contributed by atoms with Gasteiger partial charge in [-0.15, -0.1) is 0 Å². The minimum atomic E-state index is -1.05. The molecule has 7 heteroatoms. The number of aldehydes is 2. The second kappa shape index (κ2) is 8.34. The van der Waals surface area contributed by atoms with Crippen molar-refractivity contribution in [3.8, 4) is 17.2 Å². The van der Waals surface area contributed by atoms with Gasteiger partial charge in [0.05, 0.1) is 22.3 Å². The molecule has 0 unspecified atom stereocenters. The Morgan fingerprint density at radius 1 is 1.14 bits per heavy atom. The molecule has 4 rings (SSSR count). The topological polar surface area (TPSA) is 124 Å². The molecule has 0 aromatic heterocycles. The van der Waals surface area contributed by atoms with Gasteiger partial charge in [0.25, 0.3) is 0 Å². The fourth-order valence-electron chi connectivity index (χ4n) is 7.01. The molecule has 35 heavy (non-hydrogen) atoms. The molecule has 0 bridgehead atoms. The van der Waals surface area contributed by atoms with Gasteiger partial charge in [-0.2, -0.15) is 0 Å². The summed E-state index contributed by atoms with van der Waals surface area (Å²) in [6, 6.07) is 0. The second-order valence-corrected chi connectivity index (χ2v) is 12.2. The molecule has 0 spiro atoms. The maximum atomic E-state index is 12.1. The summed E-state index contributed by atoms with van der Waals surface area (Å²) in [7, 11) is 0. The van der Waals surface area contributed by atoms with Crippen LogP contribution in [0.15, 0.2) is 11.6 Å². The van der Waals surface area contributed by atoms with E-state index in [-0.39, 0.29) is 46.3 Å². The van der Waals surface area contributed by atoms with Gasteiger partial charge in [0.2, 0.25) is 0 Å². The Morgan fingerprint density at radius 2 is 1.77 bits per heavy atom. The first-order valence-electron chi connectivity index (χ1n) is 12.5. The maximum Gasteiger partial charge on any atom is 0.157 e. The minimum Gasteiger partial charge on any atom is -0.507 e. The van der Waals surface area contributed by atoms with Crippen LogP contribution in [-0.2, 0) is 0 Å². The standard InChI is InChI=1S/C28H38O7/c1-14(2)11-19-21-23(32)15(12-29)22(31)16(13-30)24(21)35-25-20-17(26(3,4)33)8-10-28(6,34)18(20)7-9-27(19,25)5/h7,12-14,17,19-20,25,31-34H,8-11H2,1-6H3/t17-,19-,20-,25+,27-,28-/m1/s1. The molecule has 2 aliphatic carbocycles. The van der Waals surface area contributed by atoms with Crippen LogP contribution < -0.4 is 4.74 Å². The van der Waals surface area contributed by atoms with Gasteiger partial charge in [0.1, 0.15) is 23.4 Å². The van der Waals surface area contributed by atoms with Crippen LogP contribution in [0.4, 0.5) is 0 Å². The molecule has 192 valence electrons. The van der Waals surface area contributed by atoms with E-state index in [4.69, 9.17) is 4.74 Å². The number of aromatic hydroxyl groups is 2. The molecule has 1 aliphatic heterocycles. The summed E-state index contributed by atoms with van der Waals surface area (Å²) < 4.78 is 6.59. The van der Waals surface area contributed by atoms with Crippen molar-refractivity contribution >= 4 is 12.6 Å². The van der Waals surface area contributed by atoms with Gasteiger partial charge in [0.15, 0.2) is 12.6 Å². The lowest BCUT2D eigenvalue weighted by molar-refractivity contribution is -0.118. The number of ether oxygens (including phenoxy) is 1. The molecule has 0 radical (unpaired) electrons. The Kier molecular flexibility index (Phi) is 6.13. The largest absolute Gasteiger partial charge is 0.507 e. The van der Waals surface area contributed by atoms with Crippen LogP contribution in [0, 0.1) is 23.2 Å². The molecule has 4 N–H and O–H groups in total. The molecule has 0 amide bonds. The van der Waals surface area contributed by atoms with Gasteiger partial charge in [-0.1, -0.05) is 26.8 Å². The molecule has 6 atom stereocenters. The molecular formula is C28H38O7. The zero-order chi connectivity index (χ0) is 26.1. The Bertz CT molecular complexity index is 1080.